The van der Waals surface area contributed by atoms with Gasteiger partial charge in [0.1, 0.15) is 5.69 Å². The third kappa shape index (κ3) is 4.85. The maximum atomic E-state index is 13.6. The highest BCUT2D eigenvalue weighted by molar-refractivity contribution is 5.59. The molecule has 0 aliphatic heterocycles. The summed E-state index contributed by atoms with van der Waals surface area (Å²) in [7, 11) is 0. The Balaban J connectivity index is 1.98. The fourth-order valence-electron chi connectivity index (χ4n) is 2.94. The summed E-state index contributed by atoms with van der Waals surface area (Å²) in [6.45, 7) is 3.29. The first kappa shape index (κ1) is 21.5. The fraction of sp³-hybridized carbons (Fsp3) is 0.286. The van der Waals surface area contributed by atoms with E-state index in [9.17, 15) is 18.0 Å². The van der Waals surface area contributed by atoms with Gasteiger partial charge in [0.2, 0.25) is 5.95 Å². The van der Waals surface area contributed by atoms with Crippen molar-refractivity contribution in [3.05, 3.63) is 80.5 Å². The summed E-state index contributed by atoms with van der Waals surface area (Å²) in [5.41, 5.74) is 2.22. The van der Waals surface area contributed by atoms with E-state index in [0.717, 1.165) is 23.3 Å². The minimum Gasteiger partial charge on any atom is -0.396 e. The number of nitrogens with zero attached hydrogens (tertiary/aromatic N) is 3. The van der Waals surface area contributed by atoms with Gasteiger partial charge >= 0.3 is 0 Å². The fourth-order valence-corrected chi connectivity index (χ4v) is 2.94. The van der Waals surface area contributed by atoms with Crippen LogP contribution in [0.1, 0.15) is 28.8 Å². The Bertz CT molecular complexity index is 1110. The maximum Gasteiger partial charge on any atom is 0.296 e. The highest BCUT2D eigenvalue weighted by Crippen LogP contribution is 2.22. The molecule has 9 heteroatoms. The second-order valence-electron chi connectivity index (χ2n) is 6.96. The largest absolute Gasteiger partial charge is 0.396 e. The van der Waals surface area contributed by atoms with Crippen molar-refractivity contribution in [1.29, 1.82) is 0 Å². The molecular formula is C21H21F3N4O2. The van der Waals surface area contributed by atoms with Gasteiger partial charge in [-0.1, -0.05) is 12.1 Å². The number of aromatic nitrogens is 3. The van der Waals surface area contributed by atoms with Crippen LogP contribution in [0.4, 0.5) is 24.8 Å². The van der Waals surface area contributed by atoms with E-state index in [4.69, 9.17) is 5.11 Å². The molecule has 3 rings (SSSR count). The van der Waals surface area contributed by atoms with Crippen molar-refractivity contribution >= 4 is 11.6 Å². The van der Waals surface area contributed by atoms with Crippen molar-refractivity contribution in [3.8, 4) is 0 Å². The Morgan fingerprint density at radius 1 is 1.07 bits per heavy atom. The van der Waals surface area contributed by atoms with E-state index in [1.54, 1.807) is 0 Å². The molecule has 2 aromatic carbocycles. The van der Waals surface area contributed by atoms with Gasteiger partial charge in [-0.2, -0.15) is 10.1 Å². The van der Waals surface area contributed by atoms with Crippen LogP contribution in [0, 0.1) is 31.3 Å². The average molecular weight is 418 g/mol. The topological polar surface area (TPSA) is 80.0 Å². The second kappa shape index (κ2) is 9.08. The van der Waals surface area contributed by atoms with Gasteiger partial charge in [0.05, 0.1) is 6.54 Å². The molecule has 0 spiro atoms. The molecule has 0 saturated carbocycles. The molecule has 0 fully saturated rings. The van der Waals surface area contributed by atoms with E-state index in [1.165, 1.54) is 11.6 Å². The summed E-state index contributed by atoms with van der Waals surface area (Å²) in [5.74, 6) is -4.08. The first-order valence-corrected chi connectivity index (χ1v) is 9.35. The minimum absolute atomic E-state index is 0.0738. The summed E-state index contributed by atoms with van der Waals surface area (Å²) in [6.07, 6.45) is 1.28. The summed E-state index contributed by atoms with van der Waals surface area (Å²) >= 11 is 0. The first-order valence-electron chi connectivity index (χ1n) is 9.35. The highest BCUT2D eigenvalue weighted by Gasteiger charge is 2.14. The van der Waals surface area contributed by atoms with Crippen LogP contribution in [0.5, 0.6) is 0 Å². The van der Waals surface area contributed by atoms with Crippen molar-refractivity contribution in [2.24, 2.45) is 0 Å². The van der Waals surface area contributed by atoms with Crippen LogP contribution < -0.4 is 10.9 Å². The first-order chi connectivity index (χ1) is 14.3. The van der Waals surface area contributed by atoms with E-state index in [1.807, 2.05) is 25.1 Å². The standard InChI is InChI=1S/C21H21F3N4O2/c1-12-5-6-14(4-3-7-29)10-18(12)25-21-26-20(30)13(2)27-28(21)11-15-8-16(22)19(24)17(23)9-15/h5-6,8-10,29H,3-4,7,11H2,1-2H3,(H,25,26,30). The van der Waals surface area contributed by atoms with Gasteiger partial charge in [0.25, 0.3) is 5.56 Å². The summed E-state index contributed by atoms with van der Waals surface area (Å²) in [4.78, 5) is 16.0. The number of aliphatic hydroxyl groups excluding tert-OH is 1. The maximum absolute atomic E-state index is 13.6. The zero-order valence-corrected chi connectivity index (χ0v) is 16.5. The van der Waals surface area contributed by atoms with E-state index in [2.05, 4.69) is 15.4 Å². The number of halogens is 3. The molecule has 6 nitrogen and oxygen atoms in total. The number of hydrogen-bond donors (Lipinski definition) is 2. The lowest BCUT2D eigenvalue weighted by Gasteiger charge is -2.16. The predicted octanol–water partition coefficient (Wildman–Crippen LogP) is 3.39. The molecule has 1 aromatic heterocycles. The predicted molar refractivity (Wildman–Crippen MR) is 106 cm³/mol. The molecule has 1 heterocycles. The lowest BCUT2D eigenvalue weighted by Crippen LogP contribution is -2.23. The van der Waals surface area contributed by atoms with Crippen LogP contribution in [0.2, 0.25) is 0 Å². The molecule has 0 saturated heterocycles. The van der Waals surface area contributed by atoms with Gasteiger partial charge in [-0.15, -0.1) is 0 Å². The zero-order valence-electron chi connectivity index (χ0n) is 16.5. The van der Waals surface area contributed by atoms with Gasteiger partial charge in [0, 0.05) is 12.3 Å². The molecule has 0 bridgehead atoms. The van der Waals surface area contributed by atoms with Crippen LogP contribution in [-0.2, 0) is 13.0 Å². The van der Waals surface area contributed by atoms with Crippen molar-refractivity contribution in [3.63, 3.8) is 0 Å². The normalized spacial score (nSPS) is 11.0. The van der Waals surface area contributed by atoms with Crippen LogP contribution >= 0.6 is 0 Å². The lowest BCUT2D eigenvalue weighted by molar-refractivity contribution is 0.288. The lowest BCUT2D eigenvalue weighted by atomic mass is 10.1. The molecule has 30 heavy (non-hydrogen) atoms. The molecule has 0 radical (unpaired) electrons. The van der Waals surface area contributed by atoms with Gasteiger partial charge in [0.15, 0.2) is 17.5 Å². The van der Waals surface area contributed by atoms with Gasteiger partial charge in [-0.25, -0.2) is 17.9 Å². The van der Waals surface area contributed by atoms with Crippen molar-refractivity contribution < 1.29 is 18.3 Å². The number of hydrogen-bond acceptors (Lipinski definition) is 5. The number of rotatable bonds is 7. The average Bonchev–Trinajstić information content (AvgIpc) is 2.70. The van der Waals surface area contributed by atoms with Gasteiger partial charge in [-0.05, 0) is 61.6 Å². The van der Waals surface area contributed by atoms with Crippen molar-refractivity contribution in [1.82, 2.24) is 14.8 Å². The van der Waals surface area contributed by atoms with E-state index >= 15 is 0 Å². The number of aryl methyl sites for hydroxylation is 3. The molecular weight excluding hydrogens is 397 g/mol. The SMILES string of the molecule is Cc1ccc(CCCO)cc1Nc1nc(=O)c(C)nn1Cc1cc(F)c(F)c(F)c1. The Morgan fingerprint density at radius 2 is 1.77 bits per heavy atom. The van der Waals surface area contributed by atoms with Crippen LogP contribution in [0.15, 0.2) is 35.1 Å². The zero-order chi connectivity index (χ0) is 21.8. The van der Waals surface area contributed by atoms with Gasteiger partial charge < -0.3 is 10.4 Å². The molecule has 0 amide bonds. The molecule has 158 valence electrons. The monoisotopic (exact) mass is 418 g/mol. The quantitative estimate of drug-likeness (QED) is 0.575. The third-order valence-corrected chi connectivity index (χ3v) is 4.58. The highest BCUT2D eigenvalue weighted by atomic mass is 19.2. The van der Waals surface area contributed by atoms with Crippen LogP contribution in [0.3, 0.4) is 0 Å². The van der Waals surface area contributed by atoms with E-state index in [0.29, 0.717) is 18.5 Å². The molecule has 0 atom stereocenters. The van der Waals surface area contributed by atoms with E-state index < -0.39 is 23.0 Å². The smallest absolute Gasteiger partial charge is 0.296 e. The third-order valence-electron chi connectivity index (χ3n) is 4.58. The summed E-state index contributed by atoms with van der Waals surface area (Å²) < 4.78 is 41.7. The molecule has 2 N–H and O–H groups in total. The Hall–Kier alpha value is -3.20. The molecule has 0 aliphatic rings. The van der Waals surface area contributed by atoms with Crippen LogP contribution in [-0.4, -0.2) is 26.5 Å². The van der Waals surface area contributed by atoms with Crippen LogP contribution in [0.25, 0.3) is 0 Å². The second-order valence-corrected chi connectivity index (χ2v) is 6.96. The number of nitrogens with one attached hydrogen (secondary N) is 1. The Labute approximate surface area is 171 Å². The van der Waals surface area contributed by atoms with Crippen molar-refractivity contribution in [2.45, 2.75) is 33.2 Å². The van der Waals surface area contributed by atoms with E-state index in [-0.39, 0.29) is 30.4 Å². The minimum atomic E-state index is -1.55. The molecule has 0 aliphatic carbocycles. The Morgan fingerprint density at radius 3 is 2.43 bits per heavy atom. The summed E-state index contributed by atoms with van der Waals surface area (Å²) in [6, 6.07) is 7.45. The number of benzene rings is 2. The number of aliphatic hydroxyl groups is 1. The molecule has 3 aromatic rings. The number of anilines is 2. The summed E-state index contributed by atoms with van der Waals surface area (Å²) in [5, 5.41) is 16.2. The van der Waals surface area contributed by atoms with Gasteiger partial charge in [-0.3, -0.25) is 4.79 Å². The Kier molecular flexibility index (Phi) is 6.51. The molecule has 0 unspecified atom stereocenters. The van der Waals surface area contributed by atoms with Crippen molar-refractivity contribution in [2.75, 3.05) is 11.9 Å².